The molecule has 2 rings (SSSR count). The summed E-state index contributed by atoms with van der Waals surface area (Å²) in [7, 11) is -2.17. The number of nitrogens with zero attached hydrogens (tertiary/aromatic N) is 1. The third kappa shape index (κ3) is 6.48. The fourth-order valence-corrected chi connectivity index (χ4v) is 4.17. The van der Waals surface area contributed by atoms with Crippen LogP contribution in [-0.4, -0.2) is 46.9 Å². The lowest BCUT2D eigenvalue weighted by molar-refractivity contribution is 0.0757. The van der Waals surface area contributed by atoms with Gasteiger partial charge in [-0.15, -0.1) is 11.8 Å². The van der Waals surface area contributed by atoms with Crippen molar-refractivity contribution in [3.63, 3.8) is 0 Å². The van der Waals surface area contributed by atoms with Gasteiger partial charge in [-0.1, -0.05) is 0 Å². The summed E-state index contributed by atoms with van der Waals surface area (Å²) in [6, 6.07) is 13.3. The van der Waals surface area contributed by atoms with Gasteiger partial charge in [0.1, 0.15) is 0 Å². The molecule has 1 N–H and O–H groups in total. The van der Waals surface area contributed by atoms with Crippen LogP contribution >= 0.6 is 11.8 Å². The van der Waals surface area contributed by atoms with Crippen LogP contribution in [0.3, 0.4) is 0 Å². The van der Waals surface area contributed by atoms with Gasteiger partial charge in [-0.2, -0.15) is 0 Å². The molecule has 0 saturated heterocycles. The minimum Gasteiger partial charge on any atom is -0.379 e. The molecule has 0 radical (unpaired) electrons. The van der Waals surface area contributed by atoms with E-state index in [9.17, 15) is 13.2 Å². The summed E-state index contributed by atoms with van der Waals surface area (Å²) in [5, 5.41) is 2.84. The predicted molar refractivity (Wildman–Crippen MR) is 118 cm³/mol. The highest BCUT2D eigenvalue weighted by Gasteiger charge is 2.21. The zero-order chi connectivity index (χ0) is 21.4. The minimum absolute atomic E-state index is 0.176. The summed E-state index contributed by atoms with van der Waals surface area (Å²) >= 11 is 1.55. The number of carbonyl (C=O) groups is 1. The first-order valence-corrected chi connectivity index (χ1v) is 12.0. The molecule has 6 nitrogen and oxygen atoms in total. The van der Waals surface area contributed by atoms with Crippen LogP contribution in [0.4, 0.5) is 5.69 Å². The summed E-state index contributed by atoms with van der Waals surface area (Å²) in [6.45, 7) is 5.05. The molecule has 158 valence electrons. The largest absolute Gasteiger partial charge is 0.379 e. The number of amides is 1. The Hall–Kier alpha value is -2.03. The lowest BCUT2D eigenvalue weighted by Crippen LogP contribution is -2.27. The zero-order valence-electron chi connectivity index (χ0n) is 17.2. The Balaban J connectivity index is 2.00. The van der Waals surface area contributed by atoms with E-state index in [1.165, 1.54) is 11.4 Å². The van der Waals surface area contributed by atoms with Gasteiger partial charge in [0.25, 0.3) is 15.9 Å². The number of carbonyl (C=O) groups excluding carboxylic acids is 1. The predicted octanol–water partition coefficient (Wildman–Crippen LogP) is 3.78. The lowest BCUT2D eigenvalue weighted by atomic mass is 10.2. The molecule has 0 fully saturated rings. The molecule has 0 spiro atoms. The van der Waals surface area contributed by atoms with Gasteiger partial charge in [0.2, 0.25) is 0 Å². The summed E-state index contributed by atoms with van der Waals surface area (Å²) in [4.78, 5) is 13.4. The molecule has 8 heteroatoms. The van der Waals surface area contributed by atoms with Crippen molar-refractivity contribution in [2.45, 2.75) is 36.2 Å². The average Bonchev–Trinajstić information content (AvgIpc) is 2.72. The molecule has 2 aromatic carbocycles. The van der Waals surface area contributed by atoms with Crippen LogP contribution < -0.4 is 9.62 Å². The van der Waals surface area contributed by atoms with E-state index >= 15 is 0 Å². The smallest absolute Gasteiger partial charge is 0.264 e. The van der Waals surface area contributed by atoms with Gasteiger partial charge >= 0.3 is 0 Å². The molecule has 0 aliphatic heterocycles. The van der Waals surface area contributed by atoms with E-state index in [4.69, 9.17) is 4.74 Å². The van der Waals surface area contributed by atoms with Gasteiger partial charge in [-0.05, 0) is 75.1 Å². The van der Waals surface area contributed by atoms with E-state index in [0.29, 0.717) is 24.4 Å². The van der Waals surface area contributed by atoms with Crippen LogP contribution in [-0.2, 0) is 14.8 Å². The SMILES string of the molecule is CSc1ccc(S(=O)(=O)N(C)c2ccc(C(=O)NCCCOC(C)C)cc2)cc1. The van der Waals surface area contributed by atoms with Crippen molar-refractivity contribution in [1.29, 1.82) is 0 Å². The number of sulfonamides is 1. The zero-order valence-corrected chi connectivity index (χ0v) is 18.8. The number of thioether (sulfide) groups is 1. The van der Waals surface area contributed by atoms with Crippen LogP contribution in [0.1, 0.15) is 30.6 Å². The normalized spacial score (nSPS) is 11.5. The fraction of sp³-hybridized carbons (Fsp3) is 0.381. The average molecular weight is 437 g/mol. The van der Waals surface area contributed by atoms with Crippen molar-refractivity contribution in [2.24, 2.45) is 0 Å². The third-order valence-electron chi connectivity index (χ3n) is 4.27. The monoisotopic (exact) mass is 436 g/mol. The Labute approximate surface area is 177 Å². The highest BCUT2D eigenvalue weighted by atomic mass is 32.2. The number of hydrogen-bond donors (Lipinski definition) is 1. The molecule has 0 aromatic heterocycles. The molecule has 1 amide bonds. The van der Waals surface area contributed by atoms with Crippen LogP contribution in [0.15, 0.2) is 58.3 Å². The van der Waals surface area contributed by atoms with Gasteiger partial charge in [-0.25, -0.2) is 8.42 Å². The van der Waals surface area contributed by atoms with Gasteiger partial charge < -0.3 is 10.1 Å². The van der Waals surface area contributed by atoms with Crippen LogP contribution in [0, 0.1) is 0 Å². The second-order valence-corrected chi connectivity index (χ2v) is 9.57. The van der Waals surface area contributed by atoms with Gasteiger partial charge in [0.05, 0.1) is 16.7 Å². The Bertz CT molecular complexity index is 895. The van der Waals surface area contributed by atoms with E-state index in [0.717, 1.165) is 11.3 Å². The van der Waals surface area contributed by atoms with E-state index < -0.39 is 10.0 Å². The number of anilines is 1. The first-order valence-electron chi connectivity index (χ1n) is 9.38. The molecule has 0 bridgehead atoms. The highest BCUT2D eigenvalue weighted by molar-refractivity contribution is 7.98. The maximum absolute atomic E-state index is 12.8. The van der Waals surface area contributed by atoms with Crippen molar-refractivity contribution in [2.75, 3.05) is 30.8 Å². The number of rotatable bonds is 10. The van der Waals surface area contributed by atoms with Crippen molar-refractivity contribution in [3.05, 3.63) is 54.1 Å². The van der Waals surface area contributed by atoms with Crippen molar-refractivity contribution < 1.29 is 17.9 Å². The molecule has 0 aliphatic carbocycles. The Kier molecular flexibility index (Phi) is 8.55. The van der Waals surface area contributed by atoms with Crippen LogP contribution in [0.2, 0.25) is 0 Å². The standard InChI is InChI=1S/C21H28N2O4S2/c1-16(2)27-15-5-14-22-21(24)17-6-8-18(9-7-17)23(3)29(25,26)20-12-10-19(28-4)11-13-20/h6-13,16H,5,14-15H2,1-4H3,(H,22,24). The topological polar surface area (TPSA) is 75.7 Å². The quantitative estimate of drug-likeness (QED) is 0.453. The van der Waals surface area contributed by atoms with Gasteiger partial charge in [0, 0.05) is 30.7 Å². The Morgan fingerprint density at radius 1 is 1.10 bits per heavy atom. The van der Waals surface area contributed by atoms with E-state index in [1.54, 1.807) is 60.3 Å². The van der Waals surface area contributed by atoms with Crippen LogP contribution in [0.5, 0.6) is 0 Å². The molecule has 0 heterocycles. The van der Waals surface area contributed by atoms with Crippen molar-refractivity contribution >= 4 is 33.4 Å². The lowest BCUT2D eigenvalue weighted by Gasteiger charge is -2.20. The highest BCUT2D eigenvalue weighted by Crippen LogP contribution is 2.24. The second-order valence-electron chi connectivity index (χ2n) is 6.72. The fourth-order valence-electron chi connectivity index (χ4n) is 2.56. The third-order valence-corrected chi connectivity index (χ3v) is 6.81. The van der Waals surface area contributed by atoms with E-state index in [1.807, 2.05) is 20.1 Å². The Morgan fingerprint density at radius 2 is 1.72 bits per heavy atom. The molecule has 2 aromatic rings. The van der Waals surface area contributed by atoms with Gasteiger partial charge in [0.15, 0.2) is 0 Å². The van der Waals surface area contributed by atoms with Crippen LogP contribution in [0.25, 0.3) is 0 Å². The number of ether oxygens (including phenoxy) is 1. The first kappa shape index (κ1) is 23.3. The maximum atomic E-state index is 12.8. The molecule has 0 saturated carbocycles. The molecular formula is C21H28N2O4S2. The minimum atomic E-state index is -3.67. The number of hydrogen-bond acceptors (Lipinski definition) is 5. The summed E-state index contributed by atoms with van der Waals surface area (Å²) in [5.41, 5.74) is 0.967. The van der Waals surface area contributed by atoms with E-state index in [2.05, 4.69) is 5.32 Å². The maximum Gasteiger partial charge on any atom is 0.264 e. The molecular weight excluding hydrogens is 408 g/mol. The summed E-state index contributed by atoms with van der Waals surface area (Å²) < 4.78 is 32.3. The molecule has 29 heavy (non-hydrogen) atoms. The van der Waals surface area contributed by atoms with E-state index in [-0.39, 0.29) is 16.9 Å². The molecule has 0 unspecified atom stereocenters. The second kappa shape index (κ2) is 10.7. The van der Waals surface area contributed by atoms with Crippen molar-refractivity contribution in [3.8, 4) is 0 Å². The number of benzene rings is 2. The van der Waals surface area contributed by atoms with Crippen molar-refractivity contribution in [1.82, 2.24) is 5.32 Å². The molecule has 0 atom stereocenters. The summed E-state index contributed by atoms with van der Waals surface area (Å²) in [6.07, 6.45) is 2.85. The summed E-state index contributed by atoms with van der Waals surface area (Å²) in [5.74, 6) is -0.195. The van der Waals surface area contributed by atoms with Gasteiger partial charge in [-0.3, -0.25) is 9.10 Å². The molecule has 0 aliphatic rings. The Morgan fingerprint density at radius 3 is 2.28 bits per heavy atom. The number of nitrogens with one attached hydrogen (secondary N) is 1. The first-order chi connectivity index (χ1) is 13.8.